The number of nitrogens with zero attached hydrogens (tertiary/aromatic N) is 1. The summed E-state index contributed by atoms with van der Waals surface area (Å²) in [6.07, 6.45) is 1.69. The third-order valence-electron chi connectivity index (χ3n) is 3.71. The average molecular weight is 326 g/mol. The second-order valence-corrected chi connectivity index (χ2v) is 6.93. The van der Waals surface area contributed by atoms with Gasteiger partial charge in [-0.2, -0.15) is 0 Å². The number of aromatic nitrogens is 1. The number of thiophene rings is 1. The zero-order valence-electron chi connectivity index (χ0n) is 13.1. The number of carbonyl (C=O) groups is 1. The summed E-state index contributed by atoms with van der Waals surface area (Å²) in [4.78, 5) is 25.6. The maximum absolute atomic E-state index is 12.4. The van der Waals surface area contributed by atoms with Crippen LogP contribution in [0.15, 0.2) is 47.4 Å². The minimum absolute atomic E-state index is 0.0372. The van der Waals surface area contributed by atoms with E-state index in [1.165, 1.54) is 10.1 Å². The highest BCUT2D eigenvalue weighted by Crippen LogP contribution is 2.21. The molecule has 4 nitrogen and oxygen atoms in total. The number of aryl methyl sites for hydroxylation is 2. The number of carbonyl (C=O) groups excluding carboxylic acids is 1. The van der Waals surface area contributed by atoms with Gasteiger partial charge in [0.2, 0.25) is 5.91 Å². The molecular formula is C18H18N2O2S. The molecule has 0 saturated heterocycles. The van der Waals surface area contributed by atoms with Gasteiger partial charge in [0.15, 0.2) is 0 Å². The standard InChI is InChI=1S/C18H18N2O2S/c1-12-3-5-14(6-4-12)10-19-17(21)11-20-8-7-16-15(18(20)22)9-13(2)23-16/h3-9H,10-11H2,1-2H3,(H,19,21). The van der Waals surface area contributed by atoms with Gasteiger partial charge in [0.1, 0.15) is 6.54 Å². The Morgan fingerprint density at radius 1 is 1.17 bits per heavy atom. The molecule has 0 atom stereocenters. The van der Waals surface area contributed by atoms with Crippen LogP contribution in [0.5, 0.6) is 0 Å². The zero-order chi connectivity index (χ0) is 16.4. The molecule has 0 saturated carbocycles. The minimum atomic E-state index is -0.168. The van der Waals surface area contributed by atoms with Crippen molar-refractivity contribution in [1.82, 2.24) is 9.88 Å². The molecule has 0 radical (unpaired) electrons. The summed E-state index contributed by atoms with van der Waals surface area (Å²) in [5, 5.41) is 3.53. The fourth-order valence-corrected chi connectivity index (χ4v) is 3.35. The quantitative estimate of drug-likeness (QED) is 0.801. The molecule has 0 aliphatic rings. The van der Waals surface area contributed by atoms with E-state index in [2.05, 4.69) is 5.32 Å². The van der Waals surface area contributed by atoms with Crippen LogP contribution in [0.1, 0.15) is 16.0 Å². The molecular weight excluding hydrogens is 308 g/mol. The molecule has 118 valence electrons. The van der Waals surface area contributed by atoms with Crippen molar-refractivity contribution in [2.45, 2.75) is 26.9 Å². The van der Waals surface area contributed by atoms with Gasteiger partial charge in [-0.1, -0.05) is 29.8 Å². The predicted octanol–water partition coefficient (Wildman–Crippen LogP) is 3.00. The highest BCUT2D eigenvalue weighted by atomic mass is 32.1. The van der Waals surface area contributed by atoms with Gasteiger partial charge in [-0.25, -0.2) is 0 Å². The first-order chi connectivity index (χ1) is 11.0. The number of amides is 1. The summed E-state index contributed by atoms with van der Waals surface area (Å²) in [7, 11) is 0. The van der Waals surface area contributed by atoms with Crippen LogP contribution in [0, 0.1) is 13.8 Å². The first kappa shape index (κ1) is 15.5. The van der Waals surface area contributed by atoms with Crippen molar-refractivity contribution in [2.24, 2.45) is 0 Å². The number of rotatable bonds is 4. The van der Waals surface area contributed by atoms with Gasteiger partial charge in [0.25, 0.3) is 5.56 Å². The Hall–Kier alpha value is -2.40. The van der Waals surface area contributed by atoms with Crippen LogP contribution in [0.25, 0.3) is 10.1 Å². The van der Waals surface area contributed by atoms with Crippen LogP contribution < -0.4 is 10.9 Å². The normalized spacial score (nSPS) is 10.9. The summed E-state index contributed by atoms with van der Waals surface area (Å²) < 4.78 is 2.42. The second kappa shape index (κ2) is 6.38. The van der Waals surface area contributed by atoms with Gasteiger partial charge >= 0.3 is 0 Å². The van der Waals surface area contributed by atoms with Crippen LogP contribution >= 0.6 is 11.3 Å². The molecule has 1 N–H and O–H groups in total. The van der Waals surface area contributed by atoms with Crippen molar-refractivity contribution in [3.05, 3.63) is 69.0 Å². The first-order valence-electron chi connectivity index (χ1n) is 7.45. The Kier molecular flexibility index (Phi) is 4.30. The summed E-state index contributed by atoms with van der Waals surface area (Å²) in [6.45, 7) is 4.50. The highest BCUT2D eigenvalue weighted by Gasteiger charge is 2.09. The van der Waals surface area contributed by atoms with E-state index in [9.17, 15) is 9.59 Å². The van der Waals surface area contributed by atoms with Crippen molar-refractivity contribution < 1.29 is 4.79 Å². The molecule has 0 aliphatic carbocycles. The average Bonchev–Trinajstić information content (AvgIpc) is 2.91. The maximum atomic E-state index is 12.4. The van der Waals surface area contributed by atoms with Gasteiger partial charge in [0.05, 0.1) is 5.39 Å². The Labute approximate surface area is 138 Å². The molecule has 1 aromatic carbocycles. The van der Waals surface area contributed by atoms with Crippen molar-refractivity contribution in [2.75, 3.05) is 0 Å². The number of benzene rings is 1. The SMILES string of the molecule is Cc1ccc(CNC(=O)Cn2ccc3sc(C)cc3c2=O)cc1. The van der Waals surface area contributed by atoms with E-state index >= 15 is 0 Å². The van der Waals surface area contributed by atoms with Gasteiger partial charge in [0, 0.05) is 22.3 Å². The first-order valence-corrected chi connectivity index (χ1v) is 8.26. The molecule has 0 bridgehead atoms. The monoisotopic (exact) mass is 326 g/mol. The lowest BCUT2D eigenvalue weighted by Crippen LogP contribution is -2.31. The predicted molar refractivity (Wildman–Crippen MR) is 93.8 cm³/mol. The third kappa shape index (κ3) is 3.51. The van der Waals surface area contributed by atoms with Crippen LogP contribution in [0.3, 0.4) is 0 Å². The lowest BCUT2D eigenvalue weighted by atomic mass is 10.1. The van der Waals surface area contributed by atoms with Crippen molar-refractivity contribution in [3.8, 4) is 0 Å². The van der Waals surface area contributed by atoms with Crippen LogP contribution in [0.4, 0.5) is 0 Å². The lowest BCUT2D eigenvalue weighted by Gasteiger charge is -2.08. The summed E-state index contributed by atoms with van der Waals surface area (Å²) >= 11 is 1.59. The van der Waals surface area contributed by atoms with E-state index in [-0.39, 0.29) is 18.0 Å². The van der Waals surface area contributed by atoms with Gasteiger partial charge in [-0.15, -0.1) is 11.3 Å². The van der Waals surface area contributed by atoms with E-state index in [1.807, 2.05) is 50.2 Å². The van der Waals surface area contributed by atoms with E-state index in [0.717, 1.165) is 15.1 Å². The molecule has 2 heterocycles. The smallest absolute Gasteiger partial charge is 0.259 e. The molecule has 3 aromatic rings. The summed E-state index contributed by atoms with van der Waals surface area (Å²) in [5.41, 5.74) is 2.11. The Bertz CT molecular complexity index is 907. The minimum Gasteiger partial charge on any atom is -0.350 e. The molecule has 23 heavy (non-hydrogen) atoms. The molecule has 3 rings (SSSR count). The number of nitrogens with one attached hydrogen (secondary N) is 1. The van der Waals surface area contributed by atoms with Gasteiger partial charge < -0.3 is 9.88 Å². The molecule has 0 aliphatic heterocycles. The molecule has 1 amide bonds. The summed E-state index contributed by atoms with van der Waals surface area (Å²) in [6, 6.07) is 11.8. The van der Waals surface area contributed by atoms with E-state index in [1.54, 1.807) is 17.5 Å². The molecule has 5 heteroatoms. The molecule has 0 spiro atoms. The van der Waals surface area contributed by atoms with Crippen LogP contribution in [0.2, 0.25) is 0 Å². The van der Waals surface area contributed by atoms with E-state index < -0.39 is 0 Å². The maximum Gasteiger partial charge on any atom is 0.259 e. The highest BCUT2D eigenvalue weighted by molar-refractivity contribution is 7.18. The number of fused-ring (bicyclic) bond motifs is 1. The zero-order valence-corrected chi connectivity index (χ0v) is 13.9. The molecule has 0 unspecified atom stereocenters. The van der Waals surface area contributed by atoms with E-state index in [0.29, 0.717) is 11.9 Å². The largest absolute Gasteiger partial charge is 0.350 e. The number of pyridine rings is 1. The van der Waals surface area contributed by atoms with E-state index in [4.69, 9.17) is 0 Å². The van der Waals surface area contributed by atoms with Crippen LogP contribution in [-0.2, 0) is 17.9 Å². The van der Waals surface area contributed by atoms with Gasteiger partial charge in [-0.3, -0.25) is 9.59 Å². The fourth-order valence-electron chi connectivity index (χ4n) is 2.44. The fraction of sp³-hybridized carbons (Fsp3) is 0.222. The second-order valence-electron chi connectivity index (χ2n) is 5.65. The Morgan fingerprint density at radius 2 is 1.91 bits per heavy atom. The molecule has 0 fully saturated rings. The topological polar surface area (TPSA) is 51.1 Å². The van der Waals surface area contributed by atoms with Crippen LogP contribution in [-0.4, -0.2) is 10.5 Å². The van der Waals surface area contributed by atoms with Gasteiger partial charge in [-0.05, 0) is 31.5 Å². The Balaban J connectivity index is 1.69. The van der Waals surface area contributed by atoms with Crippen molar-refractivity contribution in [1.29, 1.82) is 0 Å². The van der Waals surface area contributed by atoms with Crippen molar-refractivity contribution in [3.63, 3.8) is 0 Å². The number of hydrogen-bond acceptors (Lipinski definition) is 3. The lowest BCUT2D eigenvalue weighted by molar-refractivity contribution is -0.121. The van der Waals surface area contributed by atoms with Crippen molar-refractivity contribution >= 4 is 27.3 Å². The Morgan fingerprint density at radius 3 is 2.65 bits per heavy atom. The summed E-state index contributed by atoms with van der Waals surface area (Å²) in [5.74, 6) is -0.168. The molecule has 2 aromatic heterocycles. The number of hydrogen-bond donors (Lipinski definition) is 1. The third-order valence-corrected chi connectivity index (χ3v) is 4.72.